The van der Waals surface area contributed by atoms with E-state index in [9.17, 15) is 0 Å². The van der Waals surface area contributed by atoms with Gasteiger partial charge >= 0.3 is 0 Å². The first-order valence-corrected chi connectivity index (χ1v) is 8.88. The molecule has 0 fully saturated rings. The molecule has 0 amide bonds. The van der Waals surface area contributed by atoms with Crippen molar-refractivity contribution in [1.82, 2.24) is 14.9 Å². The normalized spacial score (nSPS) is 16.5. The van der Waals surface area contributed by atoms with Gasteiger partial charge in [-0.3, -0.25) is 5.43 Å². The molecule has 0 unspecified atom stereocenters. The Balaban J connectivity index is 1.88. The van der Waals surface area contributed by atoms with E-state index in [0.717, 1.165) is 33.1 Å². The van der Waals surface area contributed by atoms with Gasteiger partial charge in [0.1, 0.15) is 0 Å². The van der Waals surface area contributed by atoms with Crippen LogP contribution in [-0.2, 0) is 0 Å². The highest BCUT2D eigenvalue weighted by Gasteiger charge is 2.25. The Bertz CT molecular complexity index is 694. The SMILES string of the molecule is CC[C@H](C)[C@H](N)c1nnc2n1NC(c1ccc(Br)cc1)=CS2. The summed E-state index contributed by atoms with van der Waals surface area (Å²) >= 11 is 5.01. The predicted molar refractivity (Wildman–Crippen MR) is 93.7 cm³/mol. The van der Waals surface area contributed by atoms with Crippen molar-refractivity contribution in [1.29, 1.82) is 0 Å². The summed E-state index contributed by atoms with van der Waals surface area (Å²) in [4.78, 5) is 0. The second-order valence-electron chi connectivity index (χ2n) is 5.36. The summed E-state index contributed by atoms with van der Waals surface area (Å²) in [5.74, 6) is 1.13. The number of hydrogen-bond acceptors (Lipinski definition) is 5. The topological polar surface area (TPSA) is 68.8 Å². The fourth-order valence-corrected chi connectivity index (χ4v) is 3.22. The number of benzene rings is 1. The molecule has 0 saturated carbocycles. The summed E-state index contributed by atoms with van der Waals surface area (Å²) in [6, 6.07) is 8.04. The molecule has 7 heteroatoms. The number of hydrogen-bond donors (Lipinski definition) is 2. The van der Waals surface area contributed by atoms with E-state index in [1.807, 2.05) is 22.2 Å². The lowest BCUT2D eigenvalue weighted by Crippen LogP contribution is -2.27. The molecule has 3 N–H and O–H groups in total. The number of halogens is 1. The van der Waals surface area contributed by atoms with Crippen LogP contribution in [0.2, 0.25) is 0 Å². The van der Waals surface area contributed by atoms with Gasteiger partial charge in [0.25, 0.3) is 0 Å². The molecule has 0 aliphatic carbocycles. The maximum absolute atomic E-state index is 6.32. The van der Waals surface area contributed by atoms with Crippen molar-refractivity contribution in [3.8, 4) is 0 Å². The number of thioether (sulfide) groups is 1. The second-order valence-corrected chi connectivity index (χ2v) is 7.11. The maximum Gasteiger partial charge on any atom is 0.214 e. The molecule has 5 nitrogen and oxygen atoms in total. The molecule has 1 aromatic carbocycles. The highest BCUT2D eigenvalue weighted by atomic mass is 79.9. The van der Waals surface area contributed by atoms with Crippen molar-refractivity contribution in [2.75, 3.05) is 5.43 Å². The van der Waals surface area contributed by atoms with Crippen molar-refractivity contribution in [2.24, 2.45) is 11.7 Å². The largest absolute Gasteiger partial charge is 0.321 e. The highest BCUT2D eigenvalue weighted by molar-refractivity contribution is 9.10. The predicted octanol–water partition coefficient (Wildman–Crippen LogP) is 3.73. The average Bonchev–Trinajstić information content (AvgIpc) is 2.97. The molecule has 3 rings (SSSR count). The van der Waals surface area contributed by atoms with Gasteiger partial charge in [0.05, 0.1) is 11.7 Å². The Morgan fingerprint density at radius 3 is 2.73 bits per heavy atom. The zero-order valence-corrected chi connectivity index (χ0v) is 14.9. The van der Waals surface area contributed by atoms with Crippen LogP contribution in [0.25, 0.3) is 5.70 Å². The summed E-state index contributed by atoms with van der Waals surface area (Å²) in [6.45, 7) is 4.26. The molecule has 1 aliphatic rings. The Hall–Kier alpha value is -1.31. The second kappa shape index (κ2) is 6.44. The number of fused-ring (bicyclic) bond motifs is 1. The van der Waals surface area contributed by atoms with E-state index in [1.165, 1.54) is 0 Å². The minimum atomic E-state index is -0.136. The van der Waals surface area contributed by atoms with E-state index < -0.39 is 0 Å². The van der Waals surface area contributed by atoms with Crippen LogP contribution >= 0.6 is 27.7 Å². The Morgan fingerprint density at radius 1 is 1.32 bits per heavy atom. The molecule has 1 aliphatic heterocycles. The number of aromatic nitrogens is 3. The third-order valence-corrected chi connectivity index (χ3v) is 5.24. The van der Waals surface area contributed by atoms with Crippen LogP contribution < -0.4 is 11.2 Å². The van der Waals surface area contributed by atoms with E-state index in [1.54, 1.807) is 11.8 Å². The average molecular weight is 380 g/mol. The number of nitrogens with one attached hydrogen (secondary N) is 1. The van der Waals surface area contributed by atoms with Gasteiger partial charge in [-0.15, -0.1) is 10.2 Å². The van der Waals surface area contributed by atoms with Crippen LogP contribution in [0.4, 0.5) is 0 Å². The molecule has 0 bridgehead atoms. The molecule has 0 spiro atoms. The first-order valence-electron chi connectivity index (χ1n) is 7.20. The summed E-state index contributed by atoms with van der Waals surface area (Å²) in [5.41, 5.74) is 11.8. The molecule has 2 aromatic rings. The van der Waals surface area contributed by atoms with Gasteiger partial charge in [0.15, 0.2) is 5.82 Å². The van der Waals surface area contributed by atoms with Gasteiger partial charge in [0.2, 0.25) is 5.16 Å². The zero-order valence-electron chi connectivity index (χ0n) is 12.5. The van der Waals surface area contributed by atoms with Crippen LogP contribution in [0.3, 0.4) is 0 Å². The first-order chi connectivity index (χ1) is 10.6. The quantitative estimate of drug-likeness (QED) is 0.846. The molecular weight excluding hydrogens is 362 g/mol. The zero-order chi connectivity index (χ0) is 15.7. The Morgan fingerprint density at radius 2 is 2.05 bits per heavy atom. The lowest BCUT2D eigenvalue weighted by Gasteiger charge is -2.23. The van der Waals surface area contributed by atoms with Gasteiger partial charge in [-0.05, 0) is 18.1 Å². The first kappa shape index (κ1) is 15.6. The molecule has 116 valence electrons. The van der Waals surface area contributed by atoms with Gasteiger partial charge in [-0.25, -0.2) is 4.68 Å². The highest BCUT2D eigenvalue weighted by Crippen LogP contribution is 2.31. The standard InChI is InChI=1S/C15H18BrN5S/c1-3-9(2)13(17)14-18-19-15-21(14)20-12(8-22-15)10-4-6-11(16)7-5-10/h4-9,13,20H,3,17H2,1-2H3/t9-,13-/m0/s1. The fourth-order valence-electron chi connectivity index (χ4n) is 2.21. The summed E-state index contributed by atoms with van der Waals surface area (Å²) < 4.78 is 2.96. The van der Waals surface area contributed by atoms with E-state index in [-0.39, 0.29) is 6.04 Å². The minimum absolute atomic E-state index is 0.136. The van der Waals surface area contributed by atoms with Crippen LogP contribution in [0.15, 0.2) is 39.3 Å². The molecule has 0 saturated heterocycles. The summed E-state index contributed by atoms with van der Waals surface area (Å²) in [6.07, 6.45) is 1.01. The lowest BCUT2D eigenvalue weighted by molar-refractivity contribution is 0.429. The Labute approximate surface area is 142 Å². The van der Waals surface area contributed by atoms with Gasteiger partial charge in [0, 0.05) is 15.4 Å². The summed E-state index contributed by atoms with van der Waals surface area (Å²) in [7, 11) is 0. The molecule has 1 aromatic heterocycles. The van der Waals surface area contributed by atoms with E-state index >= 15 is 0 Å². The maximum atomic E-state index is 6.32. The van der Waals surface area contributed by atoms with E-state index in [0.29, 0.717) is 5.92 Å². The van der Waals surface area contributed by atoms with Crippen molar-refractivity contribution in [3.05, 3.63) is 45.5 Å². The fraction of sp³-hybridized carbons (Fsp3) is 0.333. The third kappa shape index (κ3) is 2.93. The van der Waals surface area contributed by atoms with Crippen LogP contribution in [0.1, 0.15) is 37.7 Å². The van der Waals surface area contributed by atoms with Crippen molar-refractivity contribution in [2.45, 2.75) is 31.5 Å². The Kier molecular flexibility index (Phi) is 4.56. The molecule has 2 heterocycles. The van der Waals surface area contributed by atoms with E-state index in [2.05, 4.69) is 57.5 Å². The van der Waals surface area contributed by atoms with Crippen molar-refractivity contribution >= 4 is 33.4 Å². The van der Waals surface area contributed by atoms with Crippen LogP contribution in [-0.4, -0.2) is 14.9 Å². The molecular formula is C15H18BrN5S. The van der Waals surface area contributed by atoms with E-state index in [4.69, 9.17) is 5.73 Å². The van der Waals surface area contributed by atoms with Crippen LogP contribution in [0, 0.1) is 5.92 Å². The third-order valence-electron chi connectivity index (χ3n) is 3.88. The molecule has 2 atom stereocenters. The van der Waals surface area contributed by atoms with Crippen LogP contribution in [0.5, 0.6) is 0 Å². The van der Waals surface area contributed by atoms with Gasteiger partial charge < -0.3 is 5.73 Å². The lowest BCUT2D eigenvalue weighted by atomic mass is 10.00. The summed E-state index contributed by atoms with van der Waals surface area (Å²) in [5, 5.41) is 11.4. The number of rotatable bonds is 4. The number of nitrogens with two attached hydrogens (primary N) is 1. The van der Waals surface area contributed by atoms with Gasteiger partial charge in [-0.1, -0.05) is 60.1 Å². The van der Waals surface area contributed by atoms with Crippen molar-refractivity contribution in [3.63, 3.8) is 0 Å². The monoisotopic (exact) mass is 379 g/mol. The molecule has 22 heavy (non-hydrogen) atoms. The van der Waals surface area contributed by atoms with Gasteiger partial charge in [-0.2, -0.15) is 0 Å². The number of nitrogens with zero attached hydrogens (tertiary/aromatic N) is 3. The minimum Gasteiger partial charge on any atom is -0.321 e. The molecule has 0 radical (unpaired) electrons. The smallest absolute Gasteiger partial charge is 0.214 e. The van der Waals surface area contributed by atoms with Crippen molar-refractivity contribution < 1.29 is 0 Å².